The van der Waals surface area contributed by atoms with Crippen molar-refractivity contribution < 1.29 is 13.7 Å². The Labute approximate surface area is 122 Å². The minimum absolute atomic E-state index is 0.226. The Morgan fingerprint density at radius 1 is 1.29 bits per heavy atom. The van der Waals surface area contributed by atoms with Gasteiger partial charge in [-0.05, 0) is 31.0 Å². The summed E-state index contributed by atoms with van der Waals surface area (Å²) in [6, 6.07) is 4.09. The highest BCUT2D eigenvalue weighted by Gasteiger charge is 2.38. The number of nitrogens with two attached hydrogens (primary N) is 1. The van der Waals surface area contributed by atoms with E-state index in [0.29, 0.717) is 17.1 Å². The van der Waals surface area contributed by atoms with E-state index in [1.54, 1.807) is 7.11 Å². The average molecular weight is 291 g/mol. The first-order valence-electron chi connectivity index (χ1n) is 7.09. The van der Waals surface area contributed by atoms with Crippen molar-refractivity contribution >= 4 is 5.69 Å². The van der Waals surface area contributed by atoms with E-state index in [1.807, 2.05) is 0 Å². The topological polar surface area (TPSA) is 74.2 Å². The lowest BCUT2D eigenvalue weighted by molar-refractivity contribution is -0.0527. The van der Waals surface area contributed by atoms with E-state index in [-0.39, 0.29) is 5.89 Å². The Balaban J connectivity index is 1.97. The SMILES string of the molecule is COC1(c2noc(-c3cc(F)ccc3N)n2)CCCCC1. The number of hydrogen-bond acceptors (Lipinski definition) is 5. The average Bonchev–Trinajstić information content (AvgIpc) is 3.00. The molecule has 5 nitrogen and oxygen atoms in total. The van der Waals surface area contributed by atoms with E-state index in [9.17, 15) is 4.39 Å². The summed E-state index contributed by atoms with van der Waals surface area (Å²) in [4.78, 5) is 4.40. The van der Waals surface area contributed by atoms with Crippen molar-refractivity contribution in [3.8, 4) is 11.5 Å². The number of methoxy groups -OCH3 is 1. The zero-order valence-corrected chi connectivity index (χ0v) is 11.9. The zero-order valence-electron chi connectivity index (χ0n) is 11.9. The predicted molar refractivity (Wildman–Crippen MR) is 75.9 cm³/mol. The van der Waals surface area contributed by atoms with E-state index < -0.39 is 11.4 Å². The number of ether oxygens (including phenoxy) is 1. The highest BCUT2D eigenvalue weighted by Crippen LogP contribution is 2.39. The Hall–Kier alpha value is -1.95. The summed E-state index contributed by atoms with van der Waals surface area (Å²) in [5, 5.41) is 4.04. The van der Waals surface area contributed by atoms with Crippen LogP contribution in [0.2, 0.25) is 0 Å². The van der Waals surface area contributed by atoms with Crippen molar-refractivity contribution in [2.24, 2.45) is 0 Å². The second-order valence-corrected chi connectivity index (χ2v) is 5.41. The molecule has 1 fully saturated rings. The largest absolute Gasteiger partial charge is 0.398 e. The van der Waals surface area contributed by atoms with Crippen LogP contribution in [0.4, 0.5) is 10.1 Å². The van der Waals surface area contributed by atoms with Gasteiger partial charge in [-0.3, -0.25) is 0 Å². The maximum atomic E-state index is 13.4. The summed E-state index contributed by atoms with van der Waals surface area (Å²) >= 11 is 0. The predicted octanol–water partition coefficient (Wildman–Crippen LogP) is 3.26. The van der Waals surface area contributed by atoms with Crippen molar-refractivity contribution in [3.63, 3.8) is 0 Å². The van der Waals surface area contributed by atoms with Gasteiger partial charge in [-0.2, -0.15) is 4.98 Å². The standard InChI is InChI=1S/C15H18FN3O2/c1-20-15(7-3-2-4-8-15)14-18-13(21-19-14)11-9-10(16)5-6-12(11)17/h5-6,9H,2-4,7-8,17H2,1H3. The molecule has 1 saturated carbocycles. The van der Waals surface area contributed by atoms with Crippen molar-refractivity contribution in [1.82, 2.24) is 10.1 Å². The van der Waals surface area contributed by atoms with Gasteiger partial charge in [0.2, 0.25) is 5.82 Å². The number of halogens is 1. The first kappa shape index (κ1) is 14.0. The van der Waals surface area contributed by atoms with E-state index in [2.05, 4.69) is 10.1 Å². The maximum Gasteiger partial charge on any atom is 0.260 e. The second-order valence-electron chi connectivity index (χ2n) is 5.41. The number of hydrogen-bond donors (Lipinski definition) is 1. The van der Waals surface area contributed by atoms with Gasteiger partial charge in [-0.25, -0.2) is 4.39 Å². The molecule has 21 heavy (non-hydrogen) atoms. The molecular formula is C15H18FN3O2. The van der Waals surface area contributed by atoms with Crippen LogP contribution in [0.1, 0.15) is 37.9 Å². The van der Waals surface area contributed by atoms with Gasteiger partial charge >= 0.3 is 0 Å². The molecule has 1 aliphatic carbocycles. The highest BCUT2D eigenvalue weighted by molar-refractivity contribution is 5.70. The van der Waals surface area contributed by atoms with Gasteiger partial charge in [0.25, 0.3) is 5.89 Å². The fourth-order valence-corrected chi connectivity index (χ4v) is 2.87. The molecular weight excluding hydrogens is 273 g/mol. The number of nitrogens with zero attached hydrogens (tertiary/aromatic N) is 2. The number of rotatable bonds is 3. The lowest BCUT2D eigenvalue weighted by Gasteiger charge is -2.32. The molecule has 0 radical (unpaired) electrons. The number of aromatic nitrogens is 2. The van der Waals surface area contributed by atoms with E-state index in [4.69, 9.17) is 15.0 Å². The van der Waals surface area contributed by atoms with E-state index in [1.165, 1.54) is 24.6 Å². The van der Waals surface area contributed by atoms with Gasteiger partial charge in [-0.1, -0.05) is 24.4 Å². The van der Waals surface area contributed by atoms with Gasteiger partial charge < -0.3 is 15.0 Å². The Morgan fingerprint density at radius 2 is 2.05 bits per heavy atom. The van der Waals surface area contributed by atoms with Gasteiger partial charge in [0.15, 0.2) is 0 Å². The normalized spacial score (nSPS) is 17.8. The molecule has 1 aromatic heterocycles. The number of anilines is 1. The van der Waals surface area contributed by atoms with Crippen LogP contribution in [0.15, 0.2) is 22.7 Å². The molecule has 0 bridgehead atoms. The lowest BCUT2D eigenvalue weighted by Crippen LogP contribution is -2.32. The Morgan fingerprint density at radius 3 is 2.76 bits per heavy atom. The molecule has 112 valence electrons. The molecule has 0 amide bonds. The first-order valence-corrected chi connectivity index (χ1v) is 7.09. The molecule has 3 rings (SSSR count). The zero-order chi connectivity index (χ0) is 14.9. The smallest absolute Gasteiger partial charge is 0.260 e. The van der Waals surface area contributed by atoms with Crippen LogP contribution in [-0.2, 0) is 10.3 Å². The maximum absolute atomic E-state index is 13.4. The van der Waals surface area contributed by atoms with Gasteiger partial charge in [0.1, 0.15) is 11.4 Å². The molecule has 0 saturated heterocycles. The third kappa shape index (κ3) is 2.51. The summed E-state index contributed by atoms with van der Waals surface area (Å²) in [6.45, 7) is 0. The lowest BCUT2D eigenvalue weighted by atomic mass is 9.84. The van der Waals surface area contributed by atoms with Crippen molar-refractivity contribution in [2.75, 3.05) is 12.8 Å². The molecule has 0 atom stereocenters. The van der Waals surface area contributed by atoms with Gasteiger partial charge in [0, 0.05) is 12.8 Å². The quantitative estimate of drug-likeness (QED) is 0.878. The van der Waals surface area contributed by atoms with Crippen LogP contribution >= 0.6 is 0 Å². The van der Waals surface area contributed by atoms with Crippen LogP contribution in [-0.4, -0.2) is 17.3 Å². The molecule has 0 aliphatic heterocycles. The summed E-state index contributed by atoms with van der Waals surface area (Å²) in [5.41, 5.74) is 6.17. The van der Waals surface area contributed by atoms with Crippen LogP contribution in [0, 0.1) is 5.82 Å². The van der Waals surface area contributed by atoms with Crippen LogP contribution < -0.4 is 5.73 Å². The molecule has 0 spiro atoms. The monoisotopic (exact) mass is 291 g/mol. The number of benzene rings is 1. The highest BCUT2D eigenvalue weighted by atomic mass is 19.1. The molecule has 6 heteroatoms. The second kappa shape index (κ2) is 5.44. The minimum atomic E-state index is -0.498. The molecule has 0 unspecified atom stereocenters. The Kier molecular flexibility index (Phi) is 3.63. The molecule has 2 N–H and O–H groups in total. The van der Waals surface area contributed by atoms with Crippen molar-refractivity contribution in [3.05, 3.63) is 29.8 Å². The minimum Gasteiger partial charge on any atom is -0.398 e. The van der Waals surface area contributed by atoms with Crippen molar-refractivity contribution in [2.45, 2.75) is 37.7 Å². The summed E-state index contributed by atoms with van der Waals surface area (Å²) in [6.07, 6.45) is 5.05. The molecule has 1 heterocycles. The summed E-state index contributed by atoms with van der Waals surface area (Å²) in [7, 11) is 1.66. The third-order valence-corrected chi connectivity index (χ3v) is 4.13. The third-order valence-electron chi connectivity index (χ3n) is 4.13. The van der Waals surface area contributed by atoms with Crippen LogP contribution in [0.5, 0.6) is 0 Å². The molecule has 1 aromatic carbocycles. The molecule has 2 aromatic rings. The summed E-state index contributed by atoms with van der Waals surface area (Å²) in [5.74, 6) is 0.352. The van der Waals surface area contributed by atoms with E-state index >= 15 is 0 Å². The fourth-order valence-electron chi connectivity index (χ4n) is 2.87. The Bertz CT molecular complexity index is 636. The van der Waals surface area contributed by atoms with Crippen LogP contribution in [0.3, 0.4) is 0 Å². The number of nitrogen functional groups attached to an aromatic ring is 1. The summed E-state index contributed by atoms with van der Waals surface area (Å²) < 4.78 is 24.3. The van der Waals surface area contributed by atoms with Gasteiger partial charge in [0.05, 0.1) is 5.56 Å². The fraction of sp³-hybridized carbons (Fsp3) is 0.467. The van der Waals surface area contributed by atoms with Crippen molar-refractivity contribution in [1.29, 1.82) is 0 Å². The van der Waals surface area contributed by atoms with Gasteiger partial charge in [-0.15, -0.1) is 0 Å². The van der Waals surface area contributed by atoms with E-state index in [0.717, 1.165) is 25.7 Å². The molecule has 1 aliphatic rings. The first-order chi connectivity index (χ1) is 10.1. The van der Waals surface area contributed by atoms with Crippen LogP contribution in [0.25, 0.3) is 11.5 Å².